The predicted octanol–water partition coefficient (Wildman–Crippen LogP) is 3.28. The Balaban J connectivity index is 1.73. The first-order chi connectivity index (χ1) is 12.6. The van der Waals surface area contributed by atoms with E-state index in [4.69, 9.17) is 4.74 Å². The summed E-state index contributed by atoms with van der Waals surface area (Å²) in [6.07, 6.45) is 3.68. The molecule has 0 aliphatic heterocycles. The second kappa shape index (κ2) is 7.65. The predicted molar refractivity (Wildman–Crippen MR) is 98.2 cm³/mol. The summed E-state index contributed by atoms with van der Waals surface area (Å²) in [5.41, 5.74) is 2.31. The van der Waals surface area contributed by atoms with Gasteiger partial charge in [0.05, 0.1) is 18.4 Å². The van der Waals surface area contributed by atoms with Crippen molar-refractivity contribution in [3.8, 4) is 0 Å². The van der Waals surface area contributed by atoms with Crippen molar-refractivity contribution in [2.75, 3.05) is 12.4 Å². The Bertz CT molecular complexity index is 929. The zero-order valence-corrected chi connectivity index (χ0v) is 14.6. The lowest BCUT2D eigenvalue weighted by atomic mass is 10.1. The van der Waals surface area contributed by atoms with Gasteiger partial charge in [-0.1, -0.05) is 24.3 Å². The smallest absolute Gasteiger partial charge is 0.339 e. The van der Waals surface area contributed by atoms with Crippen molar-refractivity contribution >= 4 is 17.6 Å². The zero-order valence-electron chi connectivity index (χ0n) is 14.6. The van der Waals surface area contributed by atoms with Crippen molar-refractivity contribution in [3.05, 3.63) is 83.4 Å². The van der Waals surface area contributed by atoms with E-state index in [1.165, 1.54) is 7.11 Å². The number of anilines is 1. The molecule has 0 fully saturated rings. The molecule has 132 valence electrons. The molecule has 26 heavy (non-hydrogen) atoms. The monoisotopic (exact) mass is 349 g/mol. The molecular weight excluding hydrogens is 330 g/mol. The first-order valence-electron chi connectivity index (χ1n) is 8.14. The van der Waals surface area contributed by atoms with Crippen LogP contribution in [0.25, 0.3) is 0 Å². The van der Waals surface area contributed by atoms with E-state index in [2.05, 4.69) is 10.3 Å². The van der Waals surface area contributed by atoms with Gasteiger partial charge in [-0.3, -0.25) is 4.79 Å². The fraction of sp³-hybridized carbons (Fsp3) is 0.150. The number of carbonyl (C=O) groups is 2. The molecule has 1 heterocycles. The highest BCUT2D eigenvalue weighted by atomic mass is 16.5. The van der Waals surface area contributed by atoms with Crippen LogP contribution in [0, 0.1) is 6.92 Å². The van der Waals surface area contributed by atoms with E-state index in [1.54, 1.807) is 42.6 Å². The van der Waals surface area contributed by atoms with Crippen LogP contribution in [0.1, 0.15) is 32.1 Å². The van der Waals surface area contributed by atoms with Gasteiger partial charge in [0.15, 0.2) is 0 Å². The van der Waals surface area contributed by atoms with Crippen LogP contribution in [0.5, 0.6) is 0 Å². The lowest BCUT2D eigenvalue weighted by molar-refractivity contribution is 0.0602. The van der Waals surface area contributed by atoms with Crippen molar-refractivity contribution in [1.29, 1.82) is 0 Å². The van der Waals surface area contributed by atoms with E-state index in [0.717, 1.165) is 11.4 Å². The number of benzene rings is 2. The minimum absolute atomic E-state index is 0.285. The molecule has 0 saturated heterocycles. The molecule has 3 aromatic rings. The number of aryl methyl sites for hydroxylation is 1. The van der Waals surface area contributed by atoms with Gasteiger partial charge in [-0.05, 0) is 36.8 Å². The molecule has 0 aliphatic rings. The number of carbonyl (C=O) groups excluding carboxylic acids is 2. The summed E-state index contributed by atoms with van der Waals surface area (Å²) in [6, 6.07) is 14.1. The van der Waals surface area contributed by atoms with Crippen LogP contribution in [-0.4, -0.2) is 28.5 Å². The van der Waals surface area contributed by atoms with Crippen LogP contribution < -0.4 is 5.32 Å². The summed E-state index contributed by atoms with van der Waals surface area (Å²) in [5, 5.41) is 2.76. The number of imidazole rings is 1. The summed E-state index contributed by atoms with van der Waals surface area (Å²) in [7, 11) is 1.31. The first-order valence-corrected chi connectivity index (χ1v) is 8.14. The molecule has 0 unspecified atom stereocenters. The van der Waals surface area contributed by atoms with Gasteiger partial charge < -0.3 is 14.6 Å². The molecule has 1 amide bonds. The highest BCUT2D eigenvalue weighted by Crippen LogP contribution is 2.17. The number of para-hydroxylation sites is 1. The highest BCUT2D eigenvalue weighted by Gasteiger charge is 2.14. The molecule has 0 spiro atoms. The Morgan fingerprint density at radius 1 is 1.12 bits per heavy atom. The average molecular weight is 349 g/mol. The van der Waals surface area contributed by atoms with Crippen molar-refractivity contribution in [2.45, 2.75) is 13.5 Å². The SMILES string of the molecule is COC(=O)c1ccccc1NC(=O)c1ccc(Cn2ccnc2C)cc1. The number of hydrogen-bond donors (Lipinski definition) is 1. The van der Waals surface area contributed by atoms with Gasteiger partial charge in [0.1, 0.15) is 5.82 Å². The largest absolute Gasteiger partial charge is 0.465 e. The standard InChI is InChI=1S/C20H19N3O3/c1-14-21-11-12-23(14)13-15-7-9-16(10-8-15)19(24)22-18-6-4-3-5-17(18)20(25)26-2/h3-12H,13H2,1-2H3,(H,22,24). The van der Waals surface area contributed by atoms with Crippen molar-refractivity contribution in [1.82, 2.24) is 9.55 Å². The molecule has 3 rings (SSSR count). The maximum Gasteiger partial charge on any atom is 0.339 e. The van der Waals surface area contributed by atoms with Crippen LogP contribution in [0.3, 0.4) is 0 Å². The van der Waals surface area contributed by atoms with E-state index in [1.807, 2.05) is 29.8 Å². The van der Waals surface area contributed by atoms with E-state index < -0.39 is 5.97 Å². The Morgan fingerprint density at radius 2 is 1.85 bits per heavy atom. The fourth-order valence-electron chi connectivity index (χ4n) is 2.60. The molecule has 0 aliphatic carbocycles. The van der Waals surface area contributed by atoms with Gasteiger partial charge in [0, 0.05) is 24.5 Å². The topological polar surface area (TPSA) is 73.2 Å². The molecule has 0 saturated carbocycles. The Kier molecular flexibility index (Phi) is 5.12. The number of esters is 1. The van der Waals surface area contributed by atoms with Crippen molar-refractivity contribution in [3.63, 3.8) is 0 Å². The van der Waals surface area contributed by atoms with Gasteiger partial charge >= 0.3 is 5.97 Å². The number of rotatable bonds is 5. The second-order valence-electron chi connectivity index (χ2n) is 5.79. The Labute approximate surface area is 151 Å². The van der Waals surface area contributed by atoms with Gasteiger partial charge in [-0.2, -0.15) is 0 Å². The second-order valence-corrected chi connectivity index (χ2v) is 5.79. The van der Waals surface area contributed by atoms with Gasteiger partial charge in [-0.25, -0.2) is 9.78 Å². The molecule has 1 aromatic heterocycles. The number of ether oxygens (including phenoxy) is 1. The molecule has 6 nitrogen and oxygen atoms in total. The molecule has 0 bridgehead atoms. The third-order valence-corrected chi connectivity index (χ3v) is 4.07. The average Bonchev–Trinajstić information content (AvgIpc) is 3.06. The van der Waals surface area contributed by atoms with Crippen molar-refractivity contribution < 1.29 is 14.3 Å². The molecule has 0 atom stereocenters. The van der Waals surface area contributed by atoms with E-state index in [0.29, 0.717) is 23.4 Å². The summed E-state index contributed by atoms with van der Waals surface area (Å²) < 4.78 is 6.77. The van der Waals surface area contributed by atoms with Crippen LogP contribution in [0.4, 0.5) is 5.69 Å². The number of hydrogen-bond acceptors (Lipinski definition) is 4. The number of amides is 1. The molecular formula is C20H19N3O3. The quantitative estimate of drug-likeness (QED) is 0.718. The lowest BCUT2D eigenvalue weighted by Gasteiger charge is -2.10. The maximum absolute atomic E-state index is 12.5. The zero-order chi connectivity index (χ0) is 18.5. The van der Waals surface area contributed by atoms with E-state index in [-0.39, 0.29) is 5.91 Å². The molecule has 1 N–H and O–H groups in total. The van der Waals surface area contributed by atoms with Crippen LogP contribution >= 0.6 is 0 Å². The minimum Gasteiger partial charge on any atom is -0.465 e. The summed E-state index contributed by atoms with van der Waals surface area (Å²) in [4.78, 5) is 28.5. The summed E-state index contributed by atoms with van der Waals surface area (Å²) in [5.74, 6) is 0.157. The van der Waals surface area contributed by atoms with E-state index >= 15 is 0 Å². The van der Waals surface area contributed by atoms with E-state index in [9.17, 15) is 9.59 Å². The molecule has 0 radical (unpaired) electrons. The lowest BCUT2D eigenvalue weighted by Crippen LogP contribution is -2.15. The van der Waals surface area contributed by atoms with Gasteiger partial charge in [0.2, 0.25) is 0 Å². The Morgan fingerprint density at radius 3 is 2.50 bits per heavy atom. The summed E-state index contributed by atoms with van der Waals surface area (Å²) in [6.45, 7) is 2.64. The Hall–Kier alpha value is -3.41. The van der Waals surface area contributed by atoms with Crippen LogP contribution in [0.2, 0.25) is 0 Å². The third-order valence-electron chi connectivity index (χ3n) is 4.07. The first kappa shape index (κ1) is 17.4. The summed E-state index contributed by atoms with van der Waals surface area (Å²) >= 11 is 0. The fourth-order valence-corrected chi connectivity index (χ4v) is 2.60. The normalized spacial score (nSPS) is 10.4. The van der Waals surface area contributed by atoms with Gasteiger partial charge in [0.25, 0.3) is 5.91 Å². The number of aromatic nitrogens is 2. The third kappa shape index (κ3) is 3.80. The van der Waals surface area contributed by atoms with Crippen molar-refractivity contribution in [2.24, 2.45) is 0 Å². The molecule has 2 aromatic carbocycles. The molecule has 6 heteroatoms. The highest BCUT2D eigenvalue weighted by molar-refractivity contribution is 6.07. The minimum atomic E-state index is -0.494. The number of nitrogens with one attached hydrogen (secondary N) is 1. The maximum atomic E-state index is 12.5. The number of nitrogens with zero attached hydrogens (tertiary/aromatic N) is 2. The van der Waals surface area contributed by atoms with Crippen LogP contribution in [-0.2, 0) is 11.3 Å². The van der Waals surface area contributed by atoms with Gasteiger partial charge in [-0.15, -0.1) is 0 Å². The van der Waals surface area contributed by atoms with Crippen LogP contribution in [0.15, 0.2) is 60.9 Å². The number of methoxy groups -OCH3 is 1.